The molecular weight excluding hydrogens is 230 g/mol. The molecule has 0 aliphatic carbocycles. The fraction of sp³-hybridized carbons (Fsp3) is 0.143. The quantitative estimate of drug-likeness (QED) is 0.604. The second-order valence-corrected chi connectivity index (χ2v) is 3.69. The van der Waals surface area contributed by atoms with E-state index in [1.54, 1.807) is 31.2 Å². The van der Waals surface area contributed by atoms with E-state index in [9.17, 15) is 9.59 Å². The lowest BCUT2D eigenvalue weighted by molar-refractivity contribution is -0.136. The molecule has 0 atom stereocenters. The predicted molar refractivity (Wildman–Crippen MR) is 69.9 cm³/mol. The second-order valence-electron chi connectivity index (χ2n) is 3.69. The molecular formula is C14H15NO3. The second kappa shape index (κ2) is 5.82. The smallest absolute Gasteiger partial charge is 0.354 e. The minimum absolute atomic E-state index is 0.0447. The van der Waals surface area contributed by atoms with Gasteiger partial charge in [-0.15, -0.1) is 0 Å². The average Bonchev–Trinajstić information content (AvgIpc) is 2.38. The zero-order chi connectivity index (χ0) is 13.7. The molecule has 0 aliphatic rings. The highest BCUT2D eigenvalue weighted by molar-refractivity contribution is 6.12. The number of hydrogen-bond acceptors (Lipinski definition) is 3. The molecule has 4 heteroatoms. The van der Waals surface area contributed by atoms with E-state index in [4.69, 9.17) is 0 Å². The third-order valence-corrected chi connectivity index (χ3v) is 2.27. The van der Waals surface area contributed by atoms with Gasteiger partial charge in [0, 0.05) is 11.3 Å². The summed E-state index contributed by atoms with van der Waals surface area (Å²) in [6.45, 7) is 8.75. The summed E-state index contributed by atoms with van der Waals surface area (Å²) >= 11 is 0. The fourth-order valence-corrected chi connectivity index (χ4v) is 1.37. The van der Waals surface area contributed by atoms with Crippen LogP contribution in [0.3, 0.4) is 0 Å². The first-order valence-electron chi connectivity index (χ1n) is 5.31. The number of carbonyl (C=O) groups excluding carboxylic acids is 2. The number of benzene rings is 1. The standard InChI is InChI=1S/C14H15NO3/c1-10(2)13(16)15(11(3)14(17)18-4)12-8-6-5-7-9-12/h5-9H,1,3H2,2,4H3. The van der Waals surface area contributed by atoms with Gasteiger partial charge in [-0.1, -0.05) is 31.4 Å². The van der Waals surface area contributed by atoms with Gasteiger partial charge in [0.05, 0.1) is 7.11 Å². The van der Waals surface area contributed by atoms with E-state index >= 15 is 0 Å². The van der Waals surface area contributed by atoms with Crippen LogP contribution < -0.4 is 4.90 Å². The molecule has 0 saturated heterocycles. The number of esters is 1. The molecule has 0 unspecified atom stereocenters. The monoisotopic (exact) mass is 245 g/mol. The Labute approximate surface area is 106 Å². The van der Waals surface area contributed by atoms with Crippen molar-refractivity contribution in [1.82, 2.24) is 0 Å². The Kier molecular flexibility index (Phi) is 4.43. The molecule has 0 fully saturated rings. The number of methoxy groups -OCH3 is 1. The minimum atomic E-state index is -0.659. The van der Waals surface area contributed by atoms with Crippen LogP contribution >= 0.6 is 0 Å². The van der Waals surface area contributed by atoms with E-state index in [-0.39, 0.29) is 5.70 Å². The maximum atomic E-state index is 12.1. The van der Waals surface area contributed by atoms with E-state index in [2.05, 4.69) is 17.9 Å². The van der Waals surface area contributed by atoms with Crippen molar-refractivity contribution < 1.29 is 14.3 Å². The molecule has 0 radical (unpaired) electrons. The zero-order valence-electron chi connectivity index (χ0n) is 10.5. The maximum Gasteiger partial charge on any atom is 0.354 e. The lowest BCUT2D eigenvalue weighted by Crippen LogP contribution is -2.34. The SMILES string of the molecule is C=C(C)C(=O)N(C(=C)C(=O)OC)c1ccccc1. The Morgan fingerprint density at radius 1 is 1.17 bits per heavy atom. The third kappa shape index (κ3) is 2.85. The van der Waals surface area contributed by atoms with E-state index in [1.165, 1.54) is 12.0 Å². The fourth-order valence-electron chi connectivity index (χ4n) is 1.37. The van der Waals surface area contributed by atoms with Crippen LogP contribution in [0, 0.1) is 0 Å². The topological polar surface area (TPSA) is 46.6 Å². The predicted octanol–water partition coefficient (Wildman–Crippen LogP) is 2.28. The van der Waals surface area contributed by atoms with Crippen molar-refractivity contribution in [2.75, 3.05) is 12.0 Å². The summed E-state index contributed by atoms with van der Waals surface area (Å²) in [5.41, 5.74) is 0.807. The summed E-state index contributed by atoms with van der Waals surface area (Å²) in [5.74, 6) is -1.05. The Bertz CT molecular complexity index is 491. The van der Waals surface area contributed by atoms with Crippen LogP contribution in [-0.4, -0.2) is 19.0 Å². The largest absolute Gasteiger partial charge is 0.464 e. The normalized spacial score (nSPS) is 9.44. The molecule has 1 rings (SSSR count). The van der Waals surface area contributed by atoms with Gasteiger partial charge >= 0.3 is 5.97 Å². The number of ether oxygens (including phenoxy) is 1. The van der Waals surface area contributed by atoms with Gasteiger partial charge in [0.25, 0.3) is 5.91 Å². The van der Waals surface area contributed by atoms with Gasteiger partial charge in [-0.05, 0) is 19.1 Å². The average molecular weight is 245 g/mol. The highest BCUT2D eigenvalue weighted by Crippen LogP contribution is 2.20. The van der Waals surface area contributed by atoms with Crippen molar-refractivity contribution in [2.45, 2.75) is 6.92 Å². The number of rotatable bonds is 4. The van der Waals surface area contributed by atoms with Crippen LogP contribution in [0.1, 0.15) is 6.92 Å². The van der Waals surface area contributed by atoms with Crippen LogP contribution in [0.25, 0.3) is 0 Å². The third-order valence-electron chi connectivity index (χ3n) is 2.27. The van der Waals surface area contributed by atoms with Crippen molar-refractivity contribution in [3.63, 3.8) is 0 Å². The summed E-state index contributed by atoms with van der Waals surface area (Å²) in [6.07, 6.45) is 0. The molecule has 0 heterocycles. The number of amides is 1. The highest BCUT2D eigenvalue weighted by atomic mass is 16.5. The molecule has 1 aromatic carbocycles. The van der Waals surface area contributed by atoms with Crippen molar-refractivity contribution in [3.05, 3.63) is 54.8 Å². The molecule has 1 aromatic rings. The Morgan fingerprint density at radius 3 is 2.17 bits per heavy atom. The van der Waals surface area contributed by atoms with E-state index < -0.39 is 11.9 Å². The molecule has 0 N–H and O–H groups in total. The molecule has 1 amide bonds. The lowest BCUT2D eigenvalue weighted by Gasteiger charge is -2.23. The number of para-hydroxylation sites is 1. The highest BCUT2D eigenvalue weighted by Gasteiger charge is 2.24. The first-order valence-corrected chi connectivity index (χ1v) is 5.31. The number of hydrogen-bond donors (Lipinski definition) is 0. The summed E-state index contributed by atoms with van der Waals surface area (Å²) in [7, 11) is 1.24. The first-order chi connectivity index (χ1) is 8.49. The van der Waals surface area contributed by atoms with E-state index in [0.29, 0.717) is 11.3 Å². The molecule has 0 aromatic heterocycles. The van der Waals surface area contributed by atoms with Gasteiger partial charge in [0.1, 0.15) is 5.70 Å². The molecule has 18 heavy (non-hydrogen) atoms. The van der Waals surface area contributed by atoms with Crippen LogP contribution in [-0.2, 0) is 14.3 Å². The number of nitrogens with zero attached hydrogens (tertiary/aromatic N) is 1. The van der Waals surface area contributed by atoms with Crippen molar-refractivity contribution in [3.8, 4) is 0 Å². The summed E-state index contributed by atoms with van der Waals surface area (Å²) < 4.78 is 4.58. The van der Waals surface area contributed by atoms with Crippen LogP contribution in [0.4, 0.5) is 5.69 Å². The van der Waals surface area contributed by atoms with Crippen molar-refractivity contribution in [1.29, 1.82) is 0 Å². The first kappa shape index (κ1) is 13.7. The van der Waals surface area contributed by atoms with Crippen LogP contribution in [0.15, 0.2) is 54.8 Å². The van der Waals surface area contributed by atoms with Crippen molar-refractivity contribution in [2.24, 2.45) is 0 Å². The molecule has 0 saturated carbocycles. The van der Waals surface area contributed by atoms with Crippen molar-refractivity contribution >= 4 is 17.6 Å². The van der Waals surface area contributed by atoms with Gasteiger partial charge in [-0.2, -0.15) is 0 Å². The molecule has 0 spiro atoms. The van der Waals surface area contributed by atoms with Gasteiger partial charge < -0.3 is 4.74 Å². The van der Waals surface area contributed by atoms with Crippen LogP contribution in [0.5, 0.6) is 0 Å². The van der Waals surface area contributed by atoms with E-state index in [0.717, 1.165) is 0 Å². The Hall–Kier alpha value is -2.36. The van der Waals surface area contributed by atoms with Gasteiger partial charge in [0.2, 0.25) is 0 Å². The minimum Gasteiger partial charge on any atom is -0.464 e. The van der Waals surface area contributed by atoms with E-state index in [1.807, 2.05) is 6.07 Å². The summed E-state index contributed by atoms with van der Waals surface area (Å²) in [6, 6.07) is 8.74. The van der Waals surface area contributed by atoms with Gasteiger partial charge in [-0.25, -0.2) is 4.79 Å². The molecule has 4 nitrogen and oxygen atoms in total. The summed E-state index contributed by atoms with van der Waals surface area (Å²) in [5, 5.41) is 0. The van der Waals surface area contributed by atoms with Gasteiger partial charge in [-0.3, -0.25) is 9.69 Å². The Balaban J connectivity index is 3.19. The Morgan fingerprint density at radius 2 is 1.72 bits per heavy atom. The molecule has 0 bridgehead atoms. The summed E-state index contributed by atoms with van der Waals surface area (Å²) in [4.78, 5) is 24.8. The van der Waals surface area contributed by atoms with Gasteiger partial charge in [0.15, 0.2) is 0 Å². The number of carbonyl (C=O) groups is 2. The maximum absolute atomic E-state index is 12.1. The number of anilines is 1. The zero-order valence-corrected chi connectivity index (χ0v) is 10.5. The molecule has 94 valence electrons. The molecule has 0 aliphatic heterocycles. The lowest BCUT2D eigenvalue weighted by atomic mass is 10.2. The van der Waals surface area contributed by atoms with Crippen LogP contribution in [0.2, 0.25) is 0 Å².